The fourth-order valence-corrected chi connectivity index (χ4v) is 1.48. The summed E-state index contributed by atoms with van der Waals surface area (Å²) >= 11 is 0. The number of esters is 1. The zero-order valence-corrected chi connectivity index (χ0v) is 10.8. The average molecular weight is 260 g/mol. The van der Waals surface area contributed by atoms with Gasteiger partial charge in [-0.2, -0.15) is 0 Å². The molecule has 0 spiro atoms. The number of carbonyl (C=O) groups excluding carboxylic acids is 1. The maximum absolute atomic E-state index is 11.2. The van der Waals surface area contributed by atoms with E-state index in [0.717, 1.165) is 5.56 Å². The van der Waals surface area contributed by atoms with Crippen molar-refractivity contribution in [3.63, 3.8) is 0 Å². The quantitative estimate of drug-likeness (QED) is 0.812. The molecule has 0 fully saturated rings. The molecule has 0 radical (unpaired) electrons. The molecule has 0 aliphatic heterocycles. The molecule has 17 heavy (non-hydrogen) atoms. The summed E-state index contributed by atoms with van der Waals surface area (Å²) in [6, 6.07) is 4.68. The fraction of sp³-hybridized carbons (Fsp3) is 0.417. The van der Waals surface area contributed by atoms with E-state index in [-0.39, 0.29) is 30.5 Å². The molecule has 3 N–H and O–H groups in total. The van der Waals surface area contributed by atoms with Crippen molar-refractivity contribution in [2.45, 2.75) is 26.3 Å². The zero-order chi connectivity index (χ0) is 12.1. The molecule has 1 aromatic carbocycles. The summed E-state index contributed by atoms with van der Waals surface area (Å²) in [7, 11) is 0. The minimum Gasteiger partial charge on any atom is -0.508 e. The third kappa shape index (κ3) is 4.63. The summed E-state index contributed by atoms with van der Waals surface area (Å²) in [6.07, 6.45) is 0.0739. The lowest BCUT2D eigenvalue weighted by Gasteiger charge is -2.13. The topological polar surface area (TPSA) is 72.5 Å². The largest absolute Gasteiger partial charge is 0.508 e. The van der Waals surface area contributed by atoms with E-state index in [0.29, 0.717) is 12.2 Å². The summed E-state index contributed by atoms with van der Waals surface area (Å²) in [5, 5.41) is 9.67. The van der Waals surface area contributed by atoms with Gasteiger partial charge in [0.1, 0.15) is 5.75 Å². The van der Waals surface area contributed by atoms with E-state index in [4.69, 9.17) is 10.5 Å². The van der Waals surface area contributed by atoms with Gasteiger partial charge in [-0.15, -0.1) is 12.4 Å². The van der Waals surface area contributed by atoms with E-state index in [9.17, 15) is 9.90 Å². The summed E-state index contributed by atoms with van der Waals surface area (Å²) in [5.74, 6) is -0.230. The third-order valence-corrected chi connectivity index (χ3v) is 2.28. The summed E-state index contributed by atoms with van der Waals surface area (Å²) in [5.41, 5.74) is 7.33. The van der Waals surface area contributed by atoms with Gasteiger partial charge in [-0.25, -0.2) is 0 Å². The minimum atomic E-state index is -0.528. The summed E-state index contributed by atoms with van der Waals surface area (Å²) in [4.78, 5) is 11.2. The second-order valence-electron chi connectivity index (χ2n) is 3.68. The van der Waals surface area contributed by atoms with E-state index < -0.39 is 6.04 Å². The highest BCUT2D eigenvalue weighted by molar-refractivity contribution is 5.85. The van der Waals surface area contributed by atoms with Gasteiger partial charge >= 0.3 is 5.97 Å². The standard InChI is InChI=1S/C12H17NO3.ClH/c1-3-16-12(15)7-10(13)9-5-4-8(2)6-11(9)14;/h4-6,10,14H,3,7,13H2,1-2H3;1H/t10-;/m0./s1. The Morgan fingerprint density at radius 1 is 1.53 bits per heavy atom. The lowest BCUT2D eigenvalue weighted by molar-refractivity contribution is -0.143. The maximum Gasteiger partial charge on any atom is 0.307 e. The maximum atomic E-state index is 11.2. The van der Waals surface area contributed by atoms with Crippen LogP contribution < -0.4 is 5.73 Å². The Morgan fingerprint density at radius 3 is 2.71 bits per heavy atom. The Kier molecular flexibility index (Phi) is 6.61. The zero-order valence-electron chi connectivity index (χ0n) is 9.97. The predicted molar refractivity (Wildman–Crippen MR) is 68.3 cm³/mol. The van der Waals surface area contributed by atoms with Crippen molar-refractivity contribution in [2.24, 2.45) is 5.73 Å². The molecule has 96 valence electrons. The van der Waals surface area contributed by atoms with Crippen LogP contribution in [0.4, 0.5) is 0 Å². The van der Waals surface area contributed by atoms with Gasteiger partial charge in [0.2, 0.25) is 0 Å². The van der Waals surface area contributed by atoms with Crippen LogP contribution in [0.5, 0.6) is 5.75 Å². The number of rotatable bonds is 4. The van der Waals surface area contributed by atoms with Crippen molar-refractivity contribution in [2.75, 3.05) is 6.61 Å². The van der Waals surface area contributed by atoms with E-state index in [2.05, 4.69) is 0 Å². The first-order valence-electron chi connectivity index (χ1n) is 5.25. The lowest BCUT2D eigenvalue weighted by atomic mass is 10.0. The van der Waals surface area contributed by atoms with Crippen molar-refractivity contribution in [3.05, 3.63) is 29.3 Å². The van der Waals surface area contributed by atoms with Crippen LogP contribution >= 0.6 is 12.4 Å². The number of carbonyl (C=O) groups is 1. The van der Waals surface area contributed by atoms with Crippen molar-refractivity contribution >= 4 is 18.4 Å². The molecule has 0 saturated heterocycles. The molecule has 0 saturated carbocycles. The van der Waals surface area contributed by atoms with E-state index in [1.165, 1.54) is 0 Å². The van der Waals surface area contributed by atoms with Gasteiger partial charge in [0.05, 0.1) is 13.0 Å². The van der Waals surface area contributed by atoms with E-state index >= 15 is 0 Å². The molecule has 1 rings (SSSR count). The predicted octanol–water partition coefficient (Wildman–Crippen LogP) is 2.08. The highest BCUT2D eigenvalue weighted by Gasteiger charge is 2.15. The van der Waals surface area contributed by atoms with Crippen molar-refractivity contribution in [1.82, 2.24) is 0 Å². The molecule has 4 nitrogen and oxygen atoms in total. The molecule has 1 atom stereocenters. The van der Waals surface area contributed by atoms with Crippen LogP contribution in [0.2, 0.25) is 0 Å². The van der Waals surface area contributed by atoms with Gasteiger partial charge < -0.3 is 15.6 Å². The number of halogens is 1. The Balaban J connectivity index is 0.00000256. The smallest absolute Gasteiger partial charge is 0.307 e. The molecular formula is C12H18ClNO3. The fourth-order valence-electron chi connectivity index (χ4n) is 1.48. The van der Waals surface area contributed by atoms with Crippen LogP contribution in [0.3, 0.4) is 0 Å². The molecule has 0 aliphatic carbocycles. The minimum absolute atomic E-state index is 0. The molecular weight excluding hydrogens is 242 g/mol. The van der Waals surface area contributed by atoms with Gasteiger partial charge in [0.25, 0.3) is 0 Å². The first kappa shape index (κ1) is 15.7. The van der Waals surface area contributed by atoms with Crippen molar-refractivity contribution < 1.29 is 14.6 Å². The van der Waals surface area contributed by atoms with E-state index in [1.807, 2.05) is 13.0 Å². The molecule has 0 amide bonds. The summed E-state index contributed by atoms with van der Waals surface area (Å²) in [6.45, 7) is 3.96. The number of hydrogen-bond donors (Lipinski definition) is 2. The van der Waals surface area contributed by atoms with Crippen LogP contribution in [0.1, 0.15) is 30.5 Å². The Bertz CT molecular complexity index is 382. The lowest BCUT2D eigenvalue weighted by Crippen LogP contribution is -2.17. The SMILES string of the molecule is CCOC(=O)C[C@H](N)c1ccc(C)cc1O.Cl. The summed E-state index contributed by atoms with van der Waals surface area (Å²) < 4.78 is 4.80. The molecule has 0 aliphatic rings. The number of aromatic hydroxyl groups is 1. The van der Waals surface area contributed by atoms with Crippen LogP contribution in [-0.2, 0) is 9.53 Å². The molecule has 5 heteroatoms. The number of hydrogen-bond acceptors (Lipinski definition) is 4. The third-order valence-electron chi connectivity index (χ3n) is 2.28. The van der Waals surface area contributed by atoms with Gasteiger partial charge in [0.15, 0.2) is 0 Å². The molecule has 0 bridgehead atoms. The Morgan fingerprint density at radius 2 is 2.18 bits per heavy atom. The van der Waals surface area contributed by atoms with Crippen LogP contribution in [0.15, 0.2) is 18.2 Å². The number of phenols is 1. The van der Waals surface area contributed by atoms with Gasteiger partial charge in [0, 0.05) is 11.6 Å². The normalized spacial score (nSPS) is 11.5. The van der Waals surface area contributed by atoms with Crippen LogP contribution in [0.25, 0.3) is 0 Å². The Labute approximate surface area is 107 Å². The second kappa shape index (κ2) is 7.14. The number of aryl methyl sites for hydroxylation is 1. The van der Waals surface area contributed by atoms with Gasteiger partial charge in [-0.3, -0.25) is 4.79 Å². The number of phenolic OH excluding ortho intramolecular Hbond substituents is 1. The second-order valence-corrected chi connectivity index (χ2v) is 3.68. The van der Waals surface area contributed by atoms with Crippen molar-refractivity contribution in [3.8, 4) is 5.75 Å². The number of benzene rings is 1. The number of ether oxygens (including phenoxy) is 1. The molecule has 1 aromatic rings. The highest BCUT2D eigenvalue weighted by atomic mass is 35.5. The first-order chi connectivity index (χ1) is 7.54. The molecule has 0 heterocycles. The van der Waals surface area contributed by atoms with E-state index in [1.54, 1.807) is 19.1 Å². The average Bonchev–Trinajstić information content (AvgIpc) is 2.17. The molecule has 0 aromatic heterocycles. The van der Waals surface area contributed by atoms with Crippen molar-refractivity contribution in [1.29, 1.82) is 0 Å². The van der Waals surface area contributed by atoms with Gasteiger partial charge in [-0.1, -0.05) is 12.1 Å². The number of nitrogens with two attached hydrogens (primary N) is 1. The van der Waals surface area contributed by atoms with Crippen LogP contribution in [-0.4, -0.2) is 17.7 Å². The van der Waals surface area contributed by atoms with Gasteiger partial charge in [-0.05, 0) is 25.5 Å². The van der Waals surface area contributed by atoms with Crippen LogP contribution in [0, 0.1) is 6.92 Å². The highest BCUT2D eigenvalue weighted by Crippen LogP contribution is 2.25. The monoisotopic (exact) mass is 259 g/mol. The molecule has 0 unspecified atom stereocenters. The Hall–Kier alpha value is -1.26. The first-order valence-corrected chi connectivity index (χ1v) is 5.25.